The third kappa shape index (κ3) is 3.81. The normalized spacial score (nSPS) is 11.3. The molecule has 0 N–H and O–H groups in total. The van der Waals surface area contributed by atoms with Gasteiger partial charge in [0.25, 0.3) is 0 Å². The summed E-state index contributed by atoms with van der Waals surface area (Å²) in [4.78, 5) is 5.01. The van der Waals surface area contributed by atoms with E-state index in [4.69, 9.17) is 10.2 Å². The second-order valence-corrected chi connectivity index (χ2v) is 9.71. The summed E-state index contributed by atoms with van der Waals surface area (Å²) in [7, 11) is 0. The molecule has 2 heterocycles. The van der Waals surface area contributed by atoms with Gasteiger partial charge in [0, 0.05) is 21.7 Å². The van der Waals surface area contributed by atoms with Crippen molar-refractivity contribution in [3.8, 4) is 39.6 Å². The molecular formula is C32H16F2N4S. The zero-order chi connectivity index (χ0) is 26.5. The van der Waals surface area contributed by atoms with E-state index in [0.29, 0.717) is 5.56 Å². The Morgan fingerprint density at radius 3 is 1.97 bits per heavy atom. The van der Waals surface area contributed by atoms with Crippen molar-refractivity contribution in [2.45, 2.75) is 0 Å². The topological polar surface area (TPSA) is 62.5 Å². The van der Waals surface area contributed by atoms with Crippen LogP contribution in [0.4, 0.5) is 8.78 Å². The predicted molar refractivity (Wildman–Crippen MR) is 151 cm³/mol. The number of nitriles is 1. The second-order valence-electron chi connectivity index (χ2n) is 9.18. The molecule has 7 heteroatoms. The molecule has 0 amide bonds. The van der Waals surface area contributed by atoms with Crippen molar-refractivity contribution in [3.05, 3.63) is 114 Å². The standard InChI is InChI=1S/C32H16F2N4S/c33-25-15-18(17-35)16-26(34)29(25)21-9-5-19(6-10-21)20-7-11-22(12-8-20)31-24-13-14-28-32(38-39-37-28)30(24)23-3-1-2-4-27(23)36-31/h1-16H. The van der Waals surface area contributed by atoms with E-state index in [0.717, 1.165) is 67.2 Å². The first kappa shape index (κ1) is 23.1. The molecule has 0 aliphatic heterocycles. The number of benzene rings is 5. The molecule has 0 bridgehead atoms. The van der Waals surface area contributed by atoms with Crippen LogP contribution in [0.25, 0.3) is 66.2 Å². The number of nitrogens with zero attached hydrogens (tertiary/aromatic N) is 4. The van der Waals surface area contributed by atoms with Gasteiger partial charge in [0.2, 0.25) is 0 Å². The Morgan fingerprint density at radius 1 is 0.641 bits per heavy atom. The number of aromatic nitrogens is 3. The lowest BCUT2D eigenvalue weighted by Gasteiger charge is -2.11. The molecule has 0 spiro atoms. The van der Waals surface area contributed by atoms with E-state index in [1.807, 2.05) is 60.7 Å². The van der Waals surface area contributed by atoms with E-state index < -0.39 is 11.6 Å². The Labute approximate surface area is 225 Å². The first-order valence-electron chi connectivity index (χ1n) is 12.1. The molecule has 0 fully saturated rings. The van der Waals surface area contributed by atoms with Crippen molar-refractivity contribution in [3.63, 3.8) is 0 Å². The molecule has 0 unspecified atom stereocenters. The van der Waals surface area contributed by atoms with Gasteiger partial charge >= 0.3 is 0 Å². The third-order valence-corrected chi connectivity index (χ3v) is 7.47. The first-order valence-corrected chi connectivity index (χ1v) is 12.9. The summed E-state index contributed by atoms with van der Waals surface area (Å²) in [5.41, 5.74) is 6.56. The number of hydrogen-bond donors (Lipinski definition) is 0. The molecule has 2 aromatic heterocycles. The Balaban J connectivity index is 1.28. The minimum absolute atomic E-state index is 0.0492. The summed E-state index contributed by atoms with van der Waals surface area (Å²) in [5.74, 6) is -1.52. The van der Waals surface area contributed by atoms with Gasteiger partial charge < -0.3 is 0 Å². The molecule has 39 heavy (non-hydrogen) atoms. The molecule has 7 aromatic rings. The Kier molecular flexibility index (Phi) is 5.36. The van der Waals surface area contributed by atoms with Gasteiger partial charge in [0.05, 0.1) is 40.1 Å². The fraction of sp³-hybridized carbons (Fsp3) is 0. The zero-order valence-corrected chi connectivity index (χ0v) is 21.0. The van der Waals surface area contributed by atoms with Crippen LogP contribution in [0.15, 0.2) is 97.1 Å². The van der Waals surface area contributed by atoms with Gasteiger partial charge in [-0.15, -0.1) is 0 Å². The number of pyridine rings is 1. The summed E-state index contributed by atoms with van der Waals surface area (Å²) in [5, 5.41) is 12.0. The highest BCUT2D eigenvalue weighted by atomic mass is 32.1. The quantitative estimate of drug-likeness (QED) is 0.216. The fourth-order valence-electron chi connectivity index (χ4n) is 5.07. The fourth-order valence-corrected chi connectivity index (χ4v) is 5.61. The number of rotatable bonds is 3. The number of hydrogen-bond acceptors (Lipinski definition) is 5. The van der Waals surface area contributed by atoms with E-state index in [2.05, 4.69) is 20.9 Å². The molecule has 5 aromatic carbocycles. The Morgan fingerprint density at radius 2 is 1.28 bits per heavy atom. The van der Waals surface area contributed by atoms with E-state index in [1.165, 1.54) is 11.7 Å². The second kappa shape index (κ2) is 9.05. The van der Waals surface area contributed by atoms with Gasteiger partial charge in [-0.05, 0) is 47.0 Å². The first-order chi connectivity index (χ1) is 19.1. The van der Waals surface area contributed by atoms with E-state index in [1.54, 1.807) is 18.2 Å². The zero-order valence-electron chi connectivity index (χ0n) is 20.2. The lowest BCUT2D eigenvalue weighted by atomic mass is 9.96. The summed E-state index contributed by atoms with van der Waals surface area (Å²) >= 11 is 1.21. The maximum absolute atomic E-state index is 14.5. The van der Waals surface area contributed by atoms with Crippen molar-refractivity contribution in [1.29, 1.82) is 5.26 Å². The van der Waals surface area contributed by atoms with Crippen LogP contribution >= 0.6 is 11.7 Å². The van der Waals surface area contributed by atoms with Gasteiger partial charge in [-0.2, -0.15) is 14.0 Å². The number of halogens is 2. The maximum Gasteiger partial charge on any atom is 0.135 e. The van der Waals surface area contributed by atoms with Gasteiger partial charge in [-0.1, -0.05) is 66.7 Å². The Hall–Kier alpha value is -5.06. The molecule has 4 nitrogen and oxygen atoms in total. The Bertz CT molecular complexity index is 2070. The SMILES string of the molecule is N#Cc1cc(F)c(-c2ccc(-c3ccc(-c4nc5ccccc5c5c4ccc4nsnc45)cc3)cc2)c(F)c1. The smallest absolute Gasteiger partial charge is 0.135 e. The van der Waals surface area contributed by atoms with Crippen LogP contribution in [-0.2, 0) is 0 Å². The lowest BCUT2D eigenvalue weighted by Crippen LogP contribution is -1.92. The molecule has 0 aliphatic carbocycles. The summed E-state index contributed by atoms with van der Waals surface area (Å²) in [6, 6.07) is 31.1. The highest BCUT2D eigenvalue weighted by molar-refractivity contribution is 7.00. The molecule has 184 valence electrons. The van der Waals surface area contributed by atoms with Crippen LogP contribution < -0.4 is 0 Å². The highest BCUT2D eigenvalue weighted by Gasteiger charge is 2.16. The van der Waals surface area contributed by atoms with Crippen LogP contribution in [-0.4, -0.2) is 13.7 Å². The molecule has 0 saturated carbocycles. The van der Waals surface area contributed by atoms with Crippen molar-refractivity contribution < 1.29 is 8.78 Å². The van der Waals surface area contributed by atoms with Crippen LogP contribution in [0.5, 0.6) is 0 Å². The van der Waals surface area contributed by atoms with Crippen LogP contribution in [0.1, 0.15) is 5.56 Å². The van der Waals surface area contributed by atoms with E-state index in [9.17, 15) is 8.78 Å². The van der Waals surface area contributed by atoms with E-state index >= 15 is 0 Å². The maximum atomic E-state index is 14.5. The van der Waals surface area contributed by atoms with Gasteiger partial charge in [-0.3, -0.25) is 0 Å². The molecule has 0 radical (unpaired) electrons. The van der Waals surface area contributed by atoms with Crippen molar-refractivity contribution >= 4 is 44.4 Å². The monoisotopic (exact) mass is 526 g/mol. The summed E-state index contributed by atoms with van der Waals surface area (Å²) < 4.78 is 38.0. The minimum atomic E-state index is -0.760. The highest BCUT2D eigenvalue weighted by Crippen LogP contribution is 2.37. The molecule has 0 saturated heterocycles. The molecule has 0 aliphatic rings. The molecule has 7 rings (SSSR count). The predicted octanol–water partition coefficient (Wildman–Crippen LogP) is 8.54. The van der Waals surface area contributed by atoms with Crippen LogP contribution in [0.2, 0.25) is 0 Å². The van der Waals surface area contributed by atoms with Crippen molar-refractivity contribution in [1.82, 2.24) is 13.7 Å². The number of para-hydroxylation sites is 1. The summed E-state index contributed by atoms with van der Waals surface area (Å²) in [6.07, 6.45) is 0. The largest absolute Gasteiger partial charge is 0.247 e. The van der Waals surface area contributed by atoms with Crippen molar-refractivity contribution in [2.75, 3.05) is 0 Å². The average molecular weight is 527 g/mol. The third-order valence-electron chi connectivity index (χ3n) is 6.93. The lowest BCUT2D eigenvalue weighted by molar-refractivity contribution is 0.589. The van der Waals surface area contributed by atoms with Gasteiger partial charge in [0.1, 0.15) is 22.7 Å². The summed E-state index contributed by atoms with van der Waals surface area (Å²) in [6.45, 7) is 0. The van der Waals surface area contributed by atoms with Gasteiger partial charge in [-0.25, -0.2) is 13.8 Å². The molecule has 0 atom stereocenters. The van der Waals surface area contributed by atoms with Crippen molar-refractivity contribution in [2.24, 2.45) is 0 Å². The minimum Gasteiger partial charge on any atom is -0.247 e. The van der Waals surface area contributed by atoms with Crippen LogP contribution in [0, 0.1) is 23.0 Å². The van der Waals surface area contributed by atoms with E-state index in [-0.39, 0.29) is 11.1 Å². The average Bonchev–Trinajstić information content (AvgIpc) is 3.46. The van der Waals surface area contributed by atoms with Crippen LogP contribution in [0.3, 0.4) is 0 Å². The van der Waals surface area contributed by atoms with Gasteiger partial charge in [0.15, 0.2) is 0 Å². The molecular weight excluding hydrogens is 510 g/mol. The number of fused-ring (bicyclic) bond motifs is 5.